The van der Waals surface area contributed by atoms with Crippen molar-refractivity contribution >= 4 is 57.3 Å². The number of aromatic nitrogens is 6. The molecule has 204 valence electrons. The number of nitrogens with zero attached hydrogens (tertiary/aromatic N) is 7. The van der Waals surface area contributed by atoms with E-state index in [9.17, 15) is 9.36 Å². The van der Waals surface area contributed by atoms with Gasteiger partial charge < -0.3 is 14.8 Å². The first-order valence-corrected chi connectivity index (χ1v) is 17.2. The van der Waals surface area contributed by atoms with Crippen LogP contribution in [0.1, 0.15) is 31.2 Å². The van der Waals surface area contributed by atoms with E-state index in [1.165, 1.54) is 0 Å². The summed E-state index contributed by atoms with van der Waals surface area (Å²) >= 11 is 5.11. The molecular formula is C26H30BrN8O2PS. The zero-order chi connectivity index (χ0) is 27.4. The van der Waals surface area contributed by atoms with Crippen LogP contribution < -0.4 is 5.32 Å². The fourth-order valence-electron chi connectivity index (χ4n) is 5.49. The molecule has 10 nitrogen and oxygen atoms in total. The highest BCUT2D eigenvalue weighted by molar-refractivity contribution is 9.10. The van der Waals surface area contributed by atoms with E-state index < -0.39 is 12.6 Å². The van der Waals surface area contributed by atoms with Crippen molar-refractivity contribution in [3.8, 4) is 16.3 Å². The summed E-state index contributed by atoms with van der Waals surface area (Å²) in [6.07, 6.45) is 5.39. The molecular weight excluding hydrogens is 599 g/mol. The van der Waals surface area contributed by atoms with Crippen LogP contribution in [-0.2, 0) is 9.36 Å². The number of aryl methyl sites for hydroxylation is 1. The minimum absolute atomic E-state index is 0.0907. The lowest BCUT2D eigenvalue weighted by Gasteiger charge is -2.36. The number of hydrogen-bond acceptors (Lipinski definition) is 9. The normalized spacial score (nSPS) is 22.9. The van der Waals surface area contributed by atoms with Crippen LogP contribution in [0.2, 0.25) is 0 Å². The molecule has 2 atom stereocenters. The van der Waals surface area contributed by atoms with E-state index in [0.29, 0.717) is 48.0 Å². The highest BCUT2D eigenvalue weighted by atomic mass is 79.9. The molecule has 1 aliphatic carbocycles. The van der Waals surface area contributed by atoms with E-state index in [1.54, 1.807) is 22.2 Å². The maximum absolute atomic E-state index is 13.4. The molecule has 3 aromatic heterocycles. The van der Waals surface area contributed by atoms with E-state index >= 15 is 0 Å². The fraction of sp³-hybridized carbons (Fsp3) is 0.462. The molecule has 1 amide bonds. The minimum Gasteiger partial charge on any atom is -0.351 e. The van der Waals surface area contributed by atoms with Crippen molar-refractivity contribution in [2.75, 3.05) is 37.4 Å². The van der Waals surface area contributed by atoms with Crippen LogP contribution in [-0.4, -0.2) is 78.9 Å². The number of rotatable bonds is 5. The number of hydrogen-bond donors (Lipinski definition) is 1. The number of fused-ring (bicyclic) bond motifs is 1. The number of carbonyl (C=O) groups excluding carboxylic acids is 1. The first-order valence-electron chi connectivity index (χ1n) is 13.0. The largest absolute Gasteiger partial charge is 0.351 e. The Morgan fingerprint density at radius 2 is 1.95 bits per heavy atom. The summed E-state index contributed by atoms with van der Waals surface area (Å²) < 4.78 is 14.8. The van der Waals surface area contributed by atoms with Gasteiger partial charge in [-0.15, -0.1) is 10.2 Å². The highest BCUT2D eigenvalue weighted by Crippen LogP contribution is 2.45. The van der Waals surface area contributed by atoms with Crippen LogP contribution in [0.3, 0.4) is 0 Å². The number of carbonyl (C=O) groups is 1. The van der Waals surface area contributed by atoms with Crippen molar-refractivity contribution in [2.24, 2.45) is 5.41 Å². The van der Waals surface area contributed by atoms with Crippen LogP contribution in [0.5, 0.6) is 0 Å². The first-order chi connectivity index (χ1) is 18.6. The molecule has 39 heavy (non-hydrogen) atoms. The molecule has 1 aromatic carbocycles. The number of benzene rings is 1. The first kappa shape index (κ1) is 26.5. The van der Waals surface area contributed by atoms with E-state index in [4.69, 9.17) is 4.98 Å². The van der Waals surface area contributed by atoms with Crippen molar-refractivity contribution in [1.29, 1.82) is 0 Å². The quantitative estimate of drug-likeness (QED) is 0.299. The Kier molecular flexibility index (Phi) is 6.84. The summed E-state index contributed by atoms with van der Waals surface area (Å²) in [5.74, 6) is 0.695. The van der Waals surface area contributed by atoms with Crippen molar-refractivity contribution in [1.82, 2.24) is 34.8 Å². The van der Waals surface area contributed by atoms with Gasteiger partial charge in [-0.2, -0.15) is 10.1 Å². The van der Waals surface area contributed by atoms with Crippen LogP contribution in [0, 0.1) is 12.3 Å². The van der Waals surface area contributed by atoms with Crippen LogP contribution in [0.4, 0.5) is 5.95 Å². The van der Waals surface area contributed by atoms with Crippen molar-refractivity contribution < 1.29 is 9.36 Å². The maximum Gasteiger partial charge on any atom is 0.228 e. The Morgan fingerprint density at radius 3 is 2.64 bits per heavy atom. The Morgan fingerprint density at radius 1 is 1.21 bits per heavy atom. The second kappa shape index (κ2) is 10.1. The molecule has 0 radical (unpaired) electrons. The Labute approximate surface area is 239 Å². The smallest absolute Gasteiger partial charge is 0.228 e. The average Bonchev–Trinajstić information content (AvgIpc) is 3.61. The number of nitrogens with one attached hydrogen (secondary N) is 1. The van der Waals surface area contributed by atoms with E-state index in [2.05, 4.69) is 48.5 Å². The van der Waals surface area contributed by atoms with Crippen molar-refractivity contribution in [3.63, 3.8) is 0 Å². The zero-order valence-electron chi connectivity index (χ0n) is 22.1. The van der Waals surface area contributed by atoms with Gasteiger partial charge in [0.05, 0.1) is 18.2 Å². The van der Waals surface area contributed by atoms with Gasteiger partial charge >= 0.3 is 0 Å². The number of amides is 1. The molecule has 6 rings (SSSR count). The molecule has 1 saturated carbocycles. The zero-order valence-corrected chi connectivity index (χ0v) is 25.4. The lowest BCUT2D eigenvalue weighted by atomic mass is 9.86. The van der Waals surface area contributed by atoms with Gasteiger partial charge in [0.25, 0.3) is 0 Å². The predicted octanol–water partition coefficient (Wildman–Crippen LogP) is 5.21. The molecule has 4 aromatic rings. The third-order valence-corrected chi connectivity index (χ3v) is 11.6. The molecule has 1 saturated heterocycles. The minimum atomic E-state index is -2.07. The van der Waals surface area contributed by atoms with Gasteiger partial charge in [0.2, 0.25) is 11.9 Å². The molecule has 1 N–H and O–H groups in total. The van der Waals surface area contributed by atoms with E-state index in [1.807, 2.05) is 42.8 Å². The average molecular weight is 630 g/mol. The maximum atomic E-state index is 13.4. The monoisotopic (exact) mass is 628 g/mol. The third kappa shape index (κ3) is 5.26. The van der Waals surface area contributed by atoms with Gasteiger partial charge in [-0.1, -0.05) is 18.3 Å². The fourth-order valence-corrected chi connectivity index (χ4v) is 8.18. The third-order valence-electron chi connectivity index (χ3n) is 7.83. The van der Waals surface area contributed by atoms with Crippen LogP contribution in [0.25, 0.3) is 27.3 Å². The number of halogens is 1. The molecule has 1 aliphatic heterocycles. The van der Waals surface area contributed by atoms with E-state index in [-0.39, 0.29) is 11.9 Å². The summed E-state index contributed by atoms with van der Waals surface area (Å²) in [4.78, 5) is 24.7. The molecule has 13 heteroatoms. The van der Waals surface area contributed by atoms with Gasteiger partial charge in [0.15, 0.2) is 5.65 Å². The SMILES string of the molecule is Cc1nnc(-c2ccc(-n3nc(Br)c4cnc(N[C@@H]5CC[C@@](C)(C(=O)N6CCP(C)(=O)CC6)C5)nc43)cc2)s1. The predicted molar refractivity (Wildman–Crippen MR) is 157 cm³/mol. The van der Waals surface area contributed by atoms with Crippen molar-refractivity contribution in [2.45, 2.75) is 39.2 Å². The molecule has 0 unspecified atom stereocenters. The van der Waals surface area contributed by atoms with Gasteiger partial charge in [0, 0.05) is 48.6 Å². The van der Waals surface area contributed by atoms with Gasteiger partial charge in [-0.05, 0) is 73.0 Å². The highest BCUT2D eigenvalue weighted by Gasteiger charge is 2.44. The topological polar surface area (TPSA) is 119 Å². The van der Waals surface area contributed by atoms with Crippen LogP contribution in [0.15, 0.2) is 35.1 Å². The van der Waals surface area contributed by atoms with Crippen molar-refractivity contribution in [3.05, 3.63) is 40.1 Å². The molecule has 2 aliphatic rings. The molecule has 4 heterocycles. The lowest BCUT2D eigenvalue weighted by Crippen LogP contribution is -2.46. The summed E-state index contributed by atoms with van der Waals surface area (Å²) in [6.45, 7) is 7.04. The molecule has 2 fully saturated rings. The second-order valence-electron chi connectivity index (χ2n) is 11.0. The Hall–Kier alpha value is -2.69. The summed E-state index contributed by atoms with van der Waals surface area (Å²) in [5, 5.41) is 19.1. The standard InChI is InChI=1S/C26H30BrN8O2PS/c1-16-31-32-23(39-16)17-4-6-19(7-5-17)35-22-20(21(27)33-35)15-28-25(30-22)29-18-8-9-26(2,14-18)24(36)34-10-12-38(3,37)13-11-34/h4-7,15,18H,8-14H2,1-3H3,(H,28,29,30)/t18-,26-/m1/s1. The second-order valence-corrected chi connectivity index (χ2v) is 16.4. The summed E-state index contributed by atoms with van der Waals surface area (Å²) in [6, 6.07) is 8.09. The Balaban J connectivity index is 1.19. The lowest BCUT2D eigenvalue weighted by molar-refractivity contribution is -0.140. The summed E-state index contributed by atoms with van der Waals surface area (Å²) in [7, 11) is -2.07. The van der Waals surface area contributed by atoms with Gasteiger partial charge in [-0.3, -0.25) is 4.79 Å². The van der Waals surface area contributed by atoms with Crippen LogP contribution >= 0.6 is 34.4 Å². The molecule has 0 spiro atoms. The van der Waals surface area contributed by atoms with Gasteiger partial charge in [-0.25, -0.2) is 9.67 Å². The summed E-state index contributed by atoms with van der Waals surface area (Å²) in [5.41, 5.74) is 2.13. The van der Waals surface area contributed by atoms with Gasteiger partial charge in [0.1, 0.15) is 14.6 Å². The Bertz CT molecular complexity index is 1590. The van der Waals surface area contributed by atoms with E-state index in [0.717, 1.165) is 39.5 Å². The number of anilines is 1. The molecule has 0 bridgehead atoms.